The lowest BCUT2D eigenvalue weighted by atomic mass is 9.91. The zero-order valence-corrected chi connectivity index (χ0v) is 26.6. The van der Waals surface area contributed by atoms with E-state index in [9.17, 15) is 18.4 Å². The van der Waals surface area contributed by atoms with Gasteiger partial charge in [0.25, 0.3) is 5.92 Å². The largest absolute Gasteiger partial charge is 0.444 e. The Morgan fingerprint density at radius 2 is 1.86 bits per heavy atom. The fraction of sp³-hybridized carbons (Fsp3) is 0.774. The van der Waals surface area contributed by atoms with Gasteiger partial charge in [-0.25, -0.2) is 13.6 Å². The number of amides is 2. The van der Waals surface area contributed by atoms with Gasteiger partial charge in [0.2, 0.25) is 5.91 Å². The van der Waals surface area contributed by atoms with Crippen LogP contribution in [0, 0.1) is 0 Å². The molecule has 11 heteroatoms. The predicted octanol–water partition coefficient (Wildman–Crippen LogP) is 4.63. The Labute approximate surface area is 249 Å². The summed E-state index contributed by atoms with van der Waals surface area (Å²) in [5.74, 6) is -3.17. The minimum absolute atomic E-state index is 0.113. The third-order valence-corrected chi connectivity index (χ3v) is 8.71. The van der Waals surface area contributed by atoms with Crippen LogP contribution in [0.5, 0.6) is 0 Å². The Bertz CT molecular complexity index is 1140. The number of hydrogen-bond donors (Lipinski definition) is 0. The number of pyridine rings is 1. The molecular weight excluding hydrogens is 544 g/mol. The summed E-state index contributed by atoms with van der Waals surface area (Å²) in [5.41, 5.74) is -0.129. The van der Waals surface area contributed by atoms with Crippen LogP contribution in [0.4, 0.5) is 19.3 Å². The first-order chi connectivity index (χ1) is 19.6. The number of carbonyl (C=O) groups excluding carboxylic acids is 2. The van der Waals surface area contributed by atoms with Crippen LogP contribution in [0.15, 0.2) is 12.3 Å². The fourth-order valence-electron chi connectivity index (χ4n) is 6.25. The molecule has 0 spiro atoms. The third kappa shape index (κ3) is 7.05. The van der Waals surface area contributed by atoms with Gasteiger partial charge in [-0.15, -0.1) is 0 Å². The Kier molecular flexibility index (Phi) is 9.55. The van der Waals surface area contributed by atoms with Gasteiger partial charge in [0.15, 0.2) is 0 Å². The molecule has 3 atom stereocenters. The Balaban J connectivity index is 1.59. The van der Waals surface area contributed by atoms with Crippen molar-refractivity contribution in [3.8, 4) is 0 Å². The summed E-state index contributed by atoms with van der Waals surface area (Å²) in [7, 11) is 0. The van der Waals surface area contributed by atoms with E-state index in [0.29, 0.717) is 50.8 Å². The van der Waals surface area contributed by atoms with E-state index >= 15 is 0 Å². The molecule has 9 nitrogen and oxygen atoms in total. The zero-order valence-electron chi connectivity index (χ0n) is 26.6. The van der Waals surface area contributed by atoms with Crippen molar-refractivity contribution in [3.05, 3.63) is 23.5 Å². The highest BCUT2D eigenvalue weighted by atomic mass is 19.3. The average Bonchev–Trinajstić information content (AvgIpc) is 3.19. The van der Waals surface area contributed by atoms with E-state index in [4.69, 9.17) is 9.47 Å². The molecule has 0 saturated carbocycles. The summed E-state index contributed by atoms with van der Waals surface area (Å²) >= 11 is 0. The molecule has 0 radical (unpaired) electrons. The maximum absolute atomic E-state index is 14.6. The molecule has 2 fully saturated rings. The van der Waals surface area contributed by atoms with Crippen LogP contribution in [0.25, 0.3) is 0 Å². The normalized spacial score (nSPS) is 25.4. The first kappa shape index (κ1) is 32.5. The van der Waals surface area contributed by atoms with Gasteiger partial charge < -0.3 is 19.3 Å². The molecule has 0 bridgehead atoms. The van der Waals surface area contributed by atoms with Gasteiger partial charge in [0, 0.05) is 74.4 Å². The first-order valence-corrected chi connectivity index (χ1v) is 15.3. The van der Waals surface area contributed by atoms with Crippen molar-refractivity contribution in [1.29, 1.82) is 0 Å². The number of hydrogen-bond acceptors (Lipinski definition) is 7. The molecular formula is C31H49F2N5O4. The molecule has 1 unspecified atom stereocenters. The minimum atomic E-state index is -3.02. The first-order valence-electron chi connectivity index (χ1n) is 15.3. The van der Waals surface area contributed by atoms with Gasteiger partial charge >= 0.3 is 6.09 Å². The lowest BCUT2D eigenvalue weighted by molar-refractivity contribution is -0.122. The maximum atomic E-state index is 14.6. The quantitative estimate of drug-likeness (QED) is 0.456. The number of carbonyl (C=O) groups is 2. The van der Waals surface area contributed by atoms with Crippen molar-refractivity contribution in [2.75, 3.05) is 57.4 Å². The van der Waals surface area contributed by atoms with Gasteiger partial charge in [-0.1, -0.05) is 27.7 Å². The Morgan fingerprint density at radius 1 is 1.14 bits per heavy atom. The van der Waals surface area contributed by atoms with Crippen LogP contribution in [0.2, 0.25) is 0 Å². The lowest BCUT2D eigenvalue weighted by Gasteiger charge is -2.48. The predicted molar refractivity (Wildman–Crippen MR) is 158 cm³/mol. The van der Waals surface area contributed by atoms with Gasteiger partial charge in [-0.2, -0.15) is 0 Å². The van der Waals surface area contributed by atoms with E-state index in [2.05, 4.69) is 21.7 Å². The van der Waals surface area contributed by atoms with Crippen LogP contribution in [-0.4, -0.2) is 108 Å². The molecule has 1 aromatic heterocycles. The van der Waals surface area contributed by atoms with Crippen molar-refractivity contribution in [2.45, 2.75) is 103 Å². The van der Waals surface area contributed by atoms with E-state index in [1.54, 1.807) is 9.80 Å². The van der Waals surface area contributed by atoms with Gasteiger partial charge in [0.05, 0.1) is 31.1 Å². The van der Waals surface area contributed by atoms with E-state index in [1.165, 1.54) is 19.2 Å². The second kappa shape index (κ2) is 12.3. The number of alkyl halides is 2. The van der Waals surface area contributed by atoms with Crippen molar-refractivity contribution < 1.29 is 27.8 Å². The van der Waals surface area contributed by atoms with Crippen molar-refractivity contribution in [3.63, 3.8) is 0 Å². The molecule has 3 aliphatic heterocycles. The summed E-state index contributed by atoms with van der Waals surface area (Å²) in [5, 5.41) is 0. The molecule has 0 aromatic carbocycles. The molecule has 0 N–H and O–H groups in total. The van der Waals surface area contributed by atoms with Gasteiger partial charge in [0.1, 0.15) is 5.60 Å². The summed E-state index contributed by atoms with van der Waals surface area (Å²) in [6, 6.07) is 1.42. The minimum Gasteiger partial charge on any atom is -0.444 e. The third-order valence-electron chi connectivity index (χ3n) is 8.71. The number of halogens is 2. The van der Waals surface area contributed by atoms with Crippen LogP contribution >= 0.6 is 0 Å². The number of anilines is 1. The van der Waals surface area contributed by atoms with Crippen molar-refractivity contribution >= 4 is 17.7 Å². The standard InChI is InChI=1S/C31H49F2N5O4/c1-9-23-19-41-12-11-35(23)16-24-17-37(28(40)42-29(4,5)6)21(3)15-36(24)18-26(39)38-20-30(7,8)27-25(38)13-22(14-34-27)31(32,33)10-2/h13-14,21,23-24H,9-12,15-20H2,1-8H3/t21-,23?,24+/m1/s1. The number of morpholine rings is 1. The number of ether oxygens (including phenoxy) is 2. The highest BCUT2D eigenvalue weighted by molar-refractivity contribution is 5.97. The summed E-state index contributed by atoms with van der Waals surface area (Å²) < 4.78 is 40.7. The summed E-state index contributed by atoms with van der Waals surface area (Å²) in [6.07, 6.45) is 1.49. The van der Waals surface area contributed by atoms with Crippen LogP contribution < -0.4 is 4.90 Å². The number of fused-ring (bicyclic) bond motifs is 1. The second-order valence-corrected chi connectivity index (χ2v) is 13.7. The van der Waals surface area contributed by atoms with Crippen LogP contribution in [0.3, 0.4) is 0 Å². The SMILES string of the molecule is CCC1COCCN1C[C@H]1CN(C(=O)OC(C)(C)C)[C@H](C)CN1CC(=O)N1CC(C)(C)c2ncc(C(F)(F)CC)cc21. The van der Waals surface area contributed by atoms with E-state index in [1.807, 2.05) is 41.5 Å². The Morgan fingerprint density at radius 3 is 2.50 bits per heavy atom. The maximum Gasteiger partial charge on any atom is 0.410 e. The van der Waals surface area contributed by atoms with Crippen molar-refractivity contribution in [2.24, 2.45) is 0 Å². The van der Waals surface area contributed by atoms with E-state index < -0.39 is 16.9 Å². The monoisotopic (exact) mass is 593 g/mol. The molecule has 0 aliphatic carbocycles. The molecule has 42 heavy (non-hydrogen) atoms. The molecule has 2 saturated heterocycles. The highest BCUT2D eigenvalue weighted by Gasteiger charge is 2.44. The molecule has 236 valence electrons. The number of aromatic nitrogens is 1. The van der Waals surface area contributed by atoms with Gasteiger partial charge in [-0.05, 0) is 40.2 Å². The van der Waals surface area contributed by atoms with E-state index in [-0.39, 0.29) is 48.7 Å². The topological polar surface area (TPSA) is 78.5 Å². The molecule has 2 amide bonds. The lowest BCUT2D eigenvalue weighted by Crippen LogP contribution is -2.64. The van der Waals surface area contributed by atoms with Crippen LogP contribution in [-0.2, 0) is 25.6 Å². The second-order valence-electron chi connectivity index (χ2n) is 13.7. The number of nitrogens with zero attached hydrogens (tertiary/aromatic N) is 5. The van der Waals surface area contributed by atoms with E-state index in [0.717, 1.165) is 13.0 Å². The number of piperazine rings is 1. The highest BCUT2D eigenvalue weighted by Crippen LogP contribution is 2.42. The fourth-order valence-corrected chi connectivity index (χ4v) is 6.25. The zero-order chi connectivity index (χ0) is 31.0. The summed E-state index contributed by atoms with van der Waals surface area (Å²) in [4.78, 5) is 39.5. The average molecular weight is 594 g/mol. The molecule has 4 heterocycles. The molecule has 4 rings (SSSR count). The molecule has 3 aliphatic rings. The summed E-state index contributed by atoms with van der Waals surface area (Å²) in [6.45, 7) is 19.2. The van der Waals surface area contributed by atoms with Gasteiger partial charge in [-0.3, -0.25) is 19.6 Å². The smallest absolute Gasteiger partial charge is 0.410 e. The van der Waals surface area contributed by atoms with Crippen molar-refractivity contribution in [1.82, 2.24) is 19.7 Å². The number of rotatable bonds is 7. The molecule has 1 aromatic rings. The van der Waals surface area contributed by atoms with Crippen LogP contribution in [0.1, 0.15) is 79.5 Å². The Hall–Kier alpha value is -2.37.